The summed E-state index contributed by atoms with van der Waals surface area (Å²) in [5, 5.41) is 13.3. The molecule has 0 aromatic heterocycles. The fourth-order valence-electron chi connectivity index (χ4n) is 4.94. The predicted molar refractivity (Wildman–Crippen MR) is 98.5 cm³/mol. The maximum atomic E-state index is 12.8. The van der Waals surface area contributed by atoms with Crippen LogP contribution in [0.5, 0.6) is 0 Å². The first kappa shape index (κ1) is 16.8. The summed E-state index contributed by atoms with van der Waals surface area (Å²) in [6, 6.07) is 7.91. The molecule has 1 fully saturated rings. The number of benzene rings is 1. The number of allylic oxidation sites excluding steroid dienone is 2. The summed E-state index contributed by atoms with van der Waals surface area (Å²) in [6.45, 7) is 2.95. The van der Waals surface area contributed by atoms with Gasteiger partial charge in [-0.3, -0.25) is 4.79 Å². The molecule has 2 aliphatic heterocycles. The second-order valence-electron chi connectivity index (χ2n) is 7.99. The Kier molecular flexibility index (Phi) is 4.65. The Bertz CT molecular complexity index is 672. The minimum Gasteiger partial charge on any atom is -0.396 e. The van der Waals surface area contributed by atoms with E-state index < -0.39 is 0 Å². The molecule has 0 saturated carbocycles. The van der Waals surface area contributed by atoms with Crippen molar-refractivity contribution in [3.63, 3.8) is 0 Å². The second kappa shape index (κ2) is 6.93. The van der Waals surface area contributed by atoms with Crippen molar-refractivity contribution >= 4 is 5.91 Å². The number of fused-ring (bicyclic) bond motifs is 1. The van der Waals surface area contributed by atoms with Crippen molar-refractivity contribution in [1.29, 1.82) is 0 Å². The summed E-state index contributed by atoms with van der Waals surface area (Å²) in [6.07, 6.45) is 9.97. The van der Waals surface area contributed by atoms with Gasteiger partial charge in [-0.25, -0.2) is 0 Å². The van der Waals surface area contributed by atoms with Crippen LogP contribution in [0.1, 0.15) is 41.6 Å². The molecular weight excluding hydrogens is 312 g/mol. The summed E-state index contributed by atoms with van der Waals surface area (Å²) in [5.41, 5.74) is 1.63. The fraction of sp³-hybridized carbons (Fsp3) is 0.571. The maximum Gasteiger partial charge on any atom is 0.252 e. The number of aliphatic hydroxyl groups excluding tert-OH is 1. The minimum absolute atomic E-state index is 0.0222. The molecule has 0 unspecified atom stereocenters. The molecule has 1 aliphatic carbocycles. The molecule has 0 bridgehead atoms. The summed E-state index contributed by atoms with van der Waals surface area (Å²) >= 11 is 0. The van der Waals surface area contributed by atoms with Crippen LogP contribution in [0.25, 0.3) is 0 Å². The zero-order valence-corrected chi connectivity index (χ0v) is 14.8. The SMILES string of the molecule is O=C1N[C@]2(CCc3ccccc31)CN(C[C@H]1CC=CCC1)C[C@H]2CO. The third-order valence-electron chi connectivity index (χ3n) is 6.35. The van der Waals surface area contributed by atoms with E-state index in [1.165, 1.54) is 12.8 Å². The highest BCUT2D eigenvalue weighted by atomic mass is 16.3. The molecule has 2 heterocycles. The maximum absolute atomic E-state index is 12.8. The first-order chi connectivity index (χ1) is 12.2. The number of likely N-dealkylation sites (tertiary alicyclic amines) is 1. The molecule has 4 heteroatoms. The molecule has 134 valence electrons. The number of aliphatic hydroxyl groups is 1. The molecule has 0 radical (unpaired) electrons. The zero-order valence-electron chi connectivity index (χ0n) is 14.8. The van der Waals surface area contributed by atoms with Gasteiger partial charge in [-0.05, 0) is 49.7 Å². The van der Waals surface area contributed by atoms with Crippen molar-refractivity contribution in [2.24, 2.45) is 11.8 Å². The molecule has 25 heavy (non-hydrogen) atoms. The monoisotopic (exact) mass is 340 g/mol. The van der Waals surface area contributed by atoms with Crippen LogP contribution in [0.4, 0.5) is 0 Å². The van der Waals surface area contributed by atoms with Gasteiger partial charge in [0, 0.05) is 37.7 Å². The Hall–Kier alpha value is -1.65. The number of aryl methyl sites for hydroxylation is 1. The van der Waals surface area contributed by atoms with Gasteiger partial charge in [-0.1, -0.05) is 30.4 Å². The summed E-state index contributed by atoms with van der Waals surface area (Å²) < 4.78 is 0. The van der Waals surface area contributed by atoms with Crippen LogP contribution in [-0.4, -0.2) is 47.7 Å². The highest BCUT2D eigenvalue weighted by Crippen LogP contribution is 2.36. The number of carbonyl (C=O) groups is 1. The molecule has 4 nitrogen and oxygen atoms in total. The zero-order chi connectivity index (χ0) is 17.3. The Balaban J connectivity index is 1.52. The number of nitrogens with one attached hydrogen (secondary N) is 1. The van der Waals surface area contributed by atoms with Gasteiger partial charge in [0.25, 0.3) is 5.91 Å². The molecule has 1 spiro atoms. The first-order valence-electron chi connectivity index (χ1n) is 9.59. The Morgan fingerprint density at radius 3 is 2.96 bits per heavy atom. The van der Waals surface area contributed by atoms with Crippen LogP contribution < -0.4 is 5.32 Å². The van der Waals surface area contributed by atoms with Gasteiger partial charge in [0.1, 0.15) is 0 Å². The molecule has 3 atom stereocenters. The van der Waals surface area contributed by atoms with Crippen molar-refractivity contribution in [1.82, 2.24) is 10.2 Å². The van der Waals surface area contributed by atoms with Crippen molar-refractivity contribution in [2.45, 2.75) is 37.6 Å². The summed E-state index contributed by atoms with van der Waals surface area (Å²) in [7, 11) is 0. The average molecular weight is 340 g/mol. The van der Waals surface area contributed by atoms with Crippen LogP contribution in [0.15, 0.2) is 36.4 Å². The number of nitrogens with zero attached hydrogens (tertiary/aromatic N) is 1. The van der Waals surface area contributed by atoms with Crippen LogP contribution in [0.3, 0.4) is 0 Å². The molecule has 1 amide bonds. The van der Waals surface area contributed by atoms with Crippen molar-refractivity contribution < 1.29 is 9.90 Å². The van der Waals surface area contributed by atoms with Gasteiger partial charge in [-0.2, -0.15) is 0 Å². The molecule has 1 aromatic rings. The third-order valence-corrected chi connectivity index (χ3v) is 6.35. The van der Waals surface area contributed by atoms with Crippen LogP contribution in [-0.2, 0) is 6.42 Å². The Morgan fingerprint density at radius 2 is 2.16 bits per heavy atom. The number of carbonyl (C=O) groups excluding carboxylic acids is 1. The summed E-state index contributed by atoms with van der Waals surface area (Å²) in [4.78, 5) is 15.3. The van der Waals surface area contributed by atoms with E-state index in [1.807, 2.05) is 18.2 Å². The molecular formula is C21H28N2O2. The van der Waals surface area contributed by atoms with Crippen molar-refractivity contribution in [2.75, 3.05) is 26.2 Å². The van der Waals surface area contributed by atoms with Gasteiger partial charge in [0.2, 0.25) is 0 Å². The van der Waals surface area contributed by atoms with E-state index in [1.54, 1.807) is 0 Å². The Morgan fingerprint density at radius 1 is 1.28 bits per heavy atom. The average Bonchev–Trinajstić information content (AvgIpc) is 2.90. The van der Waals surface area contributed by atoms with Gasteiger partial charge in [-0.15, -0.1) is 0 Å². The van der Waals surface area contributed by atoms with Crippen LogP contribution in [0, 0.1) is 11.8 Å². The highest BCUT2D eigenvalue weighted by molar-refractivity contribution is 5.96. The van der Waals surface area contributed by atoms with E-state index in [0.29, 0.717) is 5.92 Å². The lowest BCUT2D eigenvalue weighted by Gasteiger charge is -2.34. The molecule has 3 aliphatic rings. The van der Waals surface area contributed by atoms with E-state index >= 15 is 0 Å². The van der Waals surface area contributed by atoms with E-state index in [9.17, 15) is 9.90 Å². The lowest BCUT2D eigenvalue weighted by Crippen LogP contribution is -2.54. The topological polar surface area (TPSA) is 52.6 Å². The van der Waals surface area contributed by atoms with Gasteiger partial charge >= 0.3 is 0 Å². The molecule has 4 rings (SSSR count). The predicted octanol–water partition coefficient (Wildman–Crippen LogP) is 2.38. The second-order valence-corrected chi connectivity index (χ2v) is 7.99. The third kappa shape index (κ3) is 3.25. The quantitative estimate of drug-likeness (QED) is 0.831. The Labute approximate surface area is 149 Å². The van der Waals surface area contributed by atoms with E-state index in [2.05, 4.69) is 28.4 Å². The smallest absolute Gasteiger partial charge is 0.252 e. The van der Waals surface area contributed by atoms with E-state index in [-0.39, 0.29) is 24.0 Å². The van der Waals surface area contributed by atoms with Gasteiger partial charge in [0.05, 0.1) is 5.54 Å². The first-order valence-corrected chi connectivity index (χ1v) is 9.59. The molecule has 1 aromatic carbocycles. The van der Waals surface area contributed by atoms with Crippen molar-refractivity contribution in [3.8, 4) is 0 Å². The molecule has 1 saturated heterocycles. The molecule has 2 N–H and O–H groups in total. The van der Waals surface area contributed by atoms with Crippen molar-refractivity contribution in [3.05, 3.63) is 47.5 Å². The normalized spacial score (nSPS) is 32.4. The number of hydrogen-bond acceptors (Lipinski definition) is 3. The minimum atomic E-state index is -0.296. The van der Waals surface area contributed by atoms with E-state index in [4.69, 9.17) is 0 Å². The van der Waals surface area contributed by atoms with Crippen LogP contribution >= 0.6 is 0 Å². The fourth-order valence-corrected chi connectivity index (χ4v) is 4.94. The lowest BCUT2D eigenvalue weighted by atomic mass is 9.83. The largest absolute Gasteiger partial charge is 0.396 e. The van der Waals surface area contributed by atoms with Crippen LogP contribution in [0.2, 0.25) is 0 Å². The van der Waals surface area contributed by atoms with E-state index in [0.717, 1.165) is 50.0 Å². The standard InChI is InChI=1S/C21H28N2O2/c24-14-18-13-23(12-16-6-2-1-3-7-16)15-21(18)11-10-17-8-4-5-9-19(17)20(25)22-21/h1-2,4-5,8-9,16,18,24H,3,6-7,10-15H2,(H,22,25)/t16-,18-,21+/m0/s1. The van der Waals surface area contributed by atoms with Gasteiger partial charge in [0.15, 0.2) is 0 Å². The number of amides is 1. The number of hydrogen-bond donors (Lipinski definition) is 2. The highest BCUT2D eigenvalue weighted by Gasteiger charge is 2.48. The summed E-state index contributed by atoms with van der Waals surface area (Å²) in [5.74, 6) is 0.845. The number of rotatable bonds is 3. The van der Waals surface area contributed by atoms with Gasteiger partial charge < -0.3 is 15.3 Å². The lowest BCUT2D eigenvalue weighted by molar-refractivity contribution is 0.0846.